The molecule has 0 saturated heterocycles. The summed E-state index contributed by atoms with van der Waals surface area (Å²) in [5.41, 5.74) is 3.20. The number of hydrogen-bond donors (Lipinski definition) is 0. The molecule has 14 heavy (non-hydrogen) atoms. The van der Waals surface area contributed by atoms with Crippen molar-refractivity contribution in [2.24, 2.45) is 0 Å². The predicted octanol–water partition coefficient (Wildman–Crippen LogP) is 4.78. The van der Waals surface area contributed by atoms with E-state index in [0.29, 0.717) is 0 Å². The van der Waals surface area contributed by atoms with Gasteiger partial charge in [-0.15, -0.1) is 5.73 Å². The monoisotopic (exact) mass is 190 g/mol. The van der Waals surface area contributed by atoms with Crippen LogP contribution in [0.25, 0.3) is 0 Å². The van der Waals surface area contributed by atoms with Crippen LogP contribution in [0.3, 0.4) is 0 Å². The lowest BCUT2D eigenvalue weighted by atomic mass is 10.1. The molecule has 0 atom stereocenters. The third-order valence-electron chi connectivity index (χ3n) is 2.67. The first-order valence-electron chi connectivity index (χ1n) is 6.06. The van der Waals surface area contributed by atoms with Gasteiger partial charge in [0.2, 0.25) is 0 Å². The molecule has 0 N–H and O–H groups in total. The fourth-order valence-corrected chi connectivity index (χ4v) is 1.76. The average Bonchev–Trinajstić information content (AvgIpc) is 2.22. The highest BCUT2D eigenvalue weighted by molar-refractivity contribution is 5.02. The van der Waals surface area contributed by atoms with Gasteiger partial charge in [0.1, 0.15) is 0 Å². The molecular weight excluding hydrogens is 168 g/mol. The highest BCUT2D eigenvalue weighted by atomic mass is 14.0. The van der Waals surface area contributed by atoms with Crippen LogP contribution < -0.4 is 0 Å². The Hall–Kier alpha value is -0.740. The molecule has 0 radical (unpaired) electrons. The van der Waals surface area contributed by atoms with Gasteiger partial charge < -0.3 is 0 Å². The van der Waals surface area contributed by atoms with Crippen molar-refractivity contribution in [1.29, 1.82) is 0 Å². The lowest BCUT2D eigenvalue weighted by Crippen LogP contribution is -1.80. The smallest absolute Gasteiger partial charge is 0.0206 e. The molecule has 0 aromatic carbocycles. The van der Waals surface area contributed by atoms with Gasteiger partial charge in [0.05, 0.1) is 0 Å². The summed E-state index contributed by atoms with van der Waals surface area (Å²) in [6, 6.07) is 0. The Labute approximate surface area is 88.4 Å². The van der Waals surface area contributed by atoms with Crippen LogP contribution in [0, 0.1) is 0 Å². The largest absolute Gasteiger partial charge is 0.125 e. The molecule has 0 amide bonds. The number of allylic oxidation sites excluding steroid dienone is 3. The minimum absolute atomic E-state index is 1.20. The Morgan fingerprint density at radius 2 is 1.36 bits per heavy atom. The Morgan fingerprint density at radius 3 is 2.14 bits per heavy atom. The molecule has 0 unspecified atom stereocenters. The standard InChI is InChI=1S/C14H22/c1-2-4-6-8-10-12-14-13-11-9-7-5-3-1/h1-3,7H,4,6,8-14H2/b2-1+. The molecule has 0 nitrogen and oxygen atoms in total. The molecule has 1 aliphatic rings. The van der Waals surface area contributed by atoms with Crippen LogP contribution >= 0.6 is 0 Å². The minimum Gasteiger partial charge on any atom is -0.125 e. The molecule has 0 bridgehead atoms. The predicted molar refractivity (Wildman–Crippen MR) is 63.3 cm³/mol. The Balaban J connectivity index is 2.28. The molecule has 0 fully saturated rings. The van der Waals surface area contributed by atoms with E-state index in [1.54, 1.807) is 0 Å². The molecule has 0 aromatic heterocycles. The zero-order valence-electron chi connectivity index (χ0n) is 9.17. The second kappa shape index (κ2) is 8.84. The van der Waals surface area contributed by atoms with Crippen molar-refractivity contribution in [2.75, 3.05) is 0 Å². The van der Waals surface area contributed by atoms with E-state index >= 15 is 0 Å². The summed E-state index contributed by atoms with van der Waals surface area (Å²) in [6.07, 6.45) is 20.8. The first-order chi connectivity index (χ1) is 7.00. The van der Waals surface area contributed by atoms with E-state index < -0.39 is 0 Å². The van der Waals surface area contributed by atoms with E-state index in [2.05, 4.69) is 24.0 Å². The Kier molecular flexibility index (Phi) is 7.16. The molecule has 0 heterocycles. The zero-order chi connectivity index (χ0) is 9.90. The van der Waals surface area contributed by atoms with Crippen LogP contribution in [0.4, 0.5) is 0 Å². The number of rotatable bonds is 0. The van der Waals surface area contributed by atoms with Gasteiger partial charge in [0.15, 0.2) is 0 Å². The molecule has 0 heteroatoms. The fraction of sp³-hybridized carbons (Fsp3) is 0.643. The molecule has 0 aliphatic heterocycles. The highest BCUT2D eigenvalue weighted by Crippen LogP contribution is 2.10. The maximum atomic E-state index is 3.20. The summed E-state index contributed by atoms with van der Waals surface area (Å²) in [7, 11) is 0. The van der Waals surface area contributed by atoms with E-state index in [9.17, 15) is 0 Å². The van der Waals surface area contributed by atoms with Crippen LogP contribution in [-0.4, -0.2) is 0 Å². The van der Waals surface area contributed by atoms with Crippen molar-refractivity contribution < 1.29 is 0 Å². The molecule has 0 aromatic rings. The summed E-state index contributed by atoms with van der Waals surface area (Å²) >= 11 is 0. The fourth-order valence-electron chi connectivity index (χ4n) is 1.76. The SMILES string of the molecule is C1=C/C=C/CCCCCCCCCC=1. The summed E-state index contributed by atoms with van der Waals surface area (Å²) < 4.78 is 0. The van der Waals surface area contributed by atoms with Crippen molar-refractivity contribution in [1.82, 2.24) is 0 Å². The third kappa shape index (κ3) is 6.74. The summed E-state index contributed by atoms with van der Waals surface area (Å²) in [4.78, 5) is 0. The van der Waals surface area contributed by atoms with Crippen molar-refractivity contribution in [2.45, 2.75) is 57.8 Å². The van der Waals surface area contributed by atoms with E-state index in [1.807, 2.05) is 6.08 Å². The van der Waals surface area contributed by atoms with Crippen molar-refractivity contribution in [3.63, 3.8) is 0 Å². The molecular formula is C14H22. The van der Waals surface area contributed by atoms with Crippen LogP contribution in [0.1, 0.15) is 57.8 Å². The van der Waals surface area contributed by atoms with Gasteiger partial charge in [0.25, 0.3) is 0 Å². The van der Waals surface area contributed by atoms with Gasteiger partial charge >= 0.3 is 0 Å². The van der Waals surface area contributed by atoms with Crippen LogP contribution in [0.15, 0.2) is 30.0 Å². The molecule has 78 valence electrons. The quantitative estimate of drug-likeness (QED) is 0.482. The average molecular weight is 190 g/mol. The first-order valence-corrected chi connectivity index (χ1v) is 6.06. The van der Waals surface area contributed by atoms with Gasteiger partial charge in [-0.2, -0.15) is 0 Å². The molecule has 1 rings (SSSR count). The normalized spacial score (nSPS) is 22.9. The van der Waals surface area contributed by atoms with E-state index in [0.717, 1.165) is 0 Å². The number of hydrogen-bond acceptors (Lipinski definition) is 0. The topological polar surface area (TPSA) is 0 Å². The Bertz CT molecular complexity index is 204. The van der Waals surface area contributed by atoms with Crippen molar-refractivity contribution in [3.8, 4) is 0 Å². The van der Waals surface area contributed by atoms with Crippen molar-refractivity contribution >= 4 is 0 Å². The van der Waals surface area contributed by atoms with Gasteiger partial charge in [-0.1, -0.05) is 44.3 Å². The first kappa shape index (κ1) is 11.3. The van der Waals surface area contributed by atoms with Gasteiger partial charge in [-0.25, -0.2) is 0 Å². The van der Waals surface area contributed by atoms with Crippen LogP contribution in [-0.2, 0) is 0 Å². The molecule has 0 spiro atoms. The van der Waals surface area contributed by atoms with Gasteiger partial charge in [-0.05, 0) is 37.8 Å². The minimum atomic E-state index is 1.20. The van der Waals surface area contributed by atoms with E-state index in [-0.39, 0.29) is 0 Å². The third-order valence-corrected chi connectivity index (χ3v) is 2.67. The van der Waals surface area contributed by atoms with Gasteiger partial charge in [-0.3, -0.25) is 0 Å². The second-order valence-electron chi connectivity index (χ2n) is 4.02. The molecule has 0 saturated carbocycles. The zero-order valence-corrected chi connectivity index (χ0v) is 9.17. The van der Waals surface area contributed by atoms with Crippen molar-refractivity contribution in [3.05, 3.63) is 30.0 Å². The maximum Gasteiger partial charge on any atom is -0.0206 e. The van der Waals surface area contributed by atoms with Crippen LogP contribution in [0.5, 0.6) is 0 Å². The highest BCUT2D eigenvalue weighted by Gasteiger charge is 1.90. The van der Waals surface area contributed by atoms with Gasteiger partial charge in [0, 0.05) is 0 Å². The summed E-state index contributed by atoms with van der Waals surface area (Å²) in [5, 5.41) is 0. The molecule has 1 aliphatic carbocycles. The van der Waals surface area contributed by atoms with E-state index in [4.69, 9.17) is 0 Å². The summed E-state index contributed by atoms with van der Waals surface area (Å²) in [5.74, 6) is 0. The maximum absolute atomic E-state index is 3.20. The van der Waals surface area contributed by atoms with Crippen LogP contribution in [0.2, 0.25) is 0 Å². The summed E-state index contributed by atoms with van der Waals surface area (Å²) in [6.45, 7) is 0. The lowest BCUT2D eigenvalue weighted by molar-refractivity contribution is 0.583. The second-order valence-corrected chi connectivity index (χ2v) is 4.02. The Morgan fingerprint density at radius 1 is 0.714 bits per heavy atom. The van der Waals surface area contributed by atoms with E-state index in [1.165, 1.54) is 57.8 Å². The lowest BCUT2D eigenvalue weighted by Gasteiger charge is -2.00.